The summed E-state index contributed by atoms with van der Waals surface area (Å²) in [5.41, 5.74) is 5.67. The van der Waals surface area contributed by atoms with Gasteiger partial charge in [0.25, 0.3) is 0 Å². The number of nitrogens with two attached hydrogens (primary N) is 1. The Hall–Kier alpha value is -1.17. The number of nitrogens with zero attached hydrogens (tertiary/aromatic N) is 1. The van der Waals surface area contributed by atoms with E-state index in [0.717, 1.165) is 33.2 Å². The van der Waals surface area contributed by atoms with E-state index >= 15 is 0 Å². The van der Waals surface area contributed by atoms with Crippen molar-refractivity contribution in [2.75, 3.05) is 26.7 Å². The second-order valence-electron chi connectivity index (χ2n) is 4.74. The zero-order valence-corrected chi connectivity index (χ0v) is 12.4. The summed E-state index contributed by atoms with van der Waals surface area (Å²) >= 11 is 0. The van der Waals surface area contributed by atoms with Crippen LogP contribution in [0.1, 0.15) is 32.1 Å². The fourth-order valence-electron chi connectivity index (χ4n) is 2.38. The van der Waals surface area contributed by atoms with Gasteiger partial charge in [0.2, 0.25) is 6.41 Å². The molecule has 116 valence electrons. The second-order valence-corrected chi connectivity index (χ2v) is 4.74. The van der Waals surface area contributed by atoms with E-state index in [0.29, 0.717) is 0 Å². The lowest BCUT2D eigenvalue weighted by molar-refractivity contribution is -0.106. The van der Waals surface area contributed by atoms with Gasteiger partial charge in [0, 0.05) is 20.2 Å². The number of allylic oxidation sites excluding steroid dienone is 4. The van der Waals surface area contributed by atoms with E-state index in [2.05, 4.69) is 28.9 Å². The molecule has 0 spiro atoms. The van der Waals surface area contributed by atoms with Crippen molar-refractivity contribution in [1.29, 1.82) is 0 Å². The van der Waals surface area contributed by atoms with Gasteiger partial charge < -0.3 is 20.8 Å². The van der Waals surface area contributed by atoms with Crippen molar-refractivity contribution in [1.82, 2.24) is 4.90 Å². The number of hydrogen-bond donors (Lipinski definition) is 3. The van der Waals surface area contributed by atoms with Gasteiger partial charge in [-0.1, -0.05) is 23.8 Å². The zero-order valence-electron chi connectivity index (χ0n) is 12.4. The molecule has 2 rings (SSSR count). The third-order valence-electron chi connectivity index (χ3n) is 3.26. The molecule has 0 saturated carbocycles. The van der Waals surface area contributed by atoms with Crippen molar-refractivity contribution in [2.45, 2.75) is 38.2 Å². The Kier molecular flexibility index (Phi) is 12.1. The second kappa shape index (κ2) is 12.8. The van der Waals surface area contributed by atoms with Crippen molar-refractivity contribution in [3.63, 3.8) is 0 Å². The van der Waals surface area contributed by atoms with Gasteiger partial charge >= 0.3 is 0 Å². The minimum Gasteiger partial charge on any atom is -0.400 e. The summed E-state index contributed by atoms with van der Waals surface area (Å²) in [5.74, 6) is 0. The van der Waals surface area contributed by atoms with Crippen molar-refractivity contribution in [2.24, 2.45) is 5.73 Å². The highest BCUT2D eigenvalue weighted by atomic mass is 16.3. The first-order valence-electron chi connectivity index (χ1n) is 7.12. The average molecular weight is 284 g/mol. The maximum absolute atomic E-state index is 9.38. The number of carbonyl (C=O) groups excluding carboxylic acids is 1. The van der Waals surface area contributed by atoms with E-state index in [1.54, 1.807) is 0 Å². The van der Waals surface area contributed by atoms with Crippen LogP contribution < -0.4 is 5.73 Å². The third kappa shape index (κ3) is 8.85. The molecule has 0 bridgehead atoms. The lowest BCUT2D eigenvalue weighted by atomic mass is 10.0. The van der Waals surface area contributed by atoms with Crippen molar-refractivity contribution in [3.8, 4) is 0 Å². The first-order valence-corrected chi connectivity index (χ1v) is 7.12. The van der Waals surface area contributed by atoms with Crippen LogP contribution in [0.3, 0.4) is 0 Å². The van der Waals surface area contributed by atoms with Crippen LogP contribution >= 0.6 is 0 Å². The number of β-amino-alcohol motifs (C(OH)–C–C–N with tert-alkyl or cyclic N) is 1. The molecule has 1 fully saturated rings. The number of carbonyl (C=O) groups is 1. The van der Waals surface area contributed by atoms with E-state index in [9.17, 15) is 5.11 Å². The van der Waals surface area contributed by atoms with Crippen LogP contribution in [0.2, 0.25) is 0 Å². The van der Waals surface area contributed by atoms with E-state index in [1.165, 1.54) is 31.3 Å². The number of primary amides is 1. The van der Waals surface area contributed by atoms with Crippen LogP contribution in [0.25, 0.3) is 0 Å². The van der Waals surface area contributed by atoms with E-state index < -0.39 is 0 Å². The van der Waals surface area contributed by atoms with Gasteiger partial charge in [-0.2, -0.15) is 0 Å². The van der Waals surface area contributed by atoms with Crippen LogP contribution in [0.4, 0.5) is 0 Å². The standard InChI is InChI=1S/C13H21NO.CH3NO.CH4O/c15-13-8-10-14(11-13)9-4-7-12-5-2-1-3-6-12;2-1-3;1-2/h2,5-6,13,15H,1,3-4,7-11H2;1H,(H2,2,3);2H,1H3. The van der Waals surface area contributed by atoms with Gasteiger partial charge in [-0.25, -0.2) is 0 Å². The molecule has 5 nitrogen and oxygen atoms in total. The summed E-state index contributed by atoms with van der Waals surface area (Å²) in [6.07, 6.45) is 12.9. The number of aliphatic hydroxyl groups excluding tert-OH is 2. The molecule has 2 aliphatic rings. The quantitative estimate of drug-likeness (QED) is 0.667. The molecule has 5 heteroatoms. The fourth-order valence-corrected chi connectivity index (χ4v) is 2.38. The molecule has 20 heavy (non-hydrogen) atoms. The molecular formula is C15H28N2O3. The summed E-state index contributed by atoms with van der Waals surface area (Å²) in [4.78, 5) is 11.0. The Balaban J connectivity index is 0.000000641. The summed E-state index contributed by atoms with van der Waals surface area (Å²) < 4.78 is 0. The summed E-state index contributed by atoms with van der Waals surface area (Å²) in [6, 6.07) is 0. The first kappa shape index (κ1) is 18.8. The Labute approximate surface area is 121 Å². The van der Waals surface area contributed by atoms with Gasteiger partial charge in [-0.05, 0) is 38.6 Å². The Bertz CT molecular complexity index is 303. The number of rotatable bonds is 4. The Morgan fingerprint density at radius 1 is 1.45 bits per heavy atom. The Morgan fingerprint density at radius 2 is 2.15 bits per heavy atom. The predicted molar refractivity (Wildman–Crippen MR) is 81.1 cm³/mol. The van der Waals surface area contributed by atoms with Crippen molar-refractivity contribution >= 4 is 6.41 Å². The number of amides is 1. The number of likely N-dealkylation sites (tertiary alicyclic amines) is 1. The Morgan fingerprint density at radius 3 is 2.65 bits per heavy atom. The molecular weight excluding hydrogens is 256 g/mol. The summed E-state index contributed by atoms with van der Waals surface area (Å²) in [5, 5.41) is 16.4. The molecule has 1 unspecified atom stereocenters. The van der Waals surface area contributed by atoms with E-state index in [1.807, 2.05) is 0 Å². The molecule has 1 atom stereocenters. The van der Waals surface area contributed by atoms with Crippen LogP contribution in [0, 0.1) is 0 Å². The largest absolute Gasteiger partial charge is 0.400 e. The maximum atomic E-state index is 9.38. The zero-order chi connectivity index (χ0) is 15.2. The van der Waals surface area contributed by atoms with Gasteiger partial charge in [0.1, 0.15) is 0 Å². The molecule has 0 aromatic rings. The molecule has 1 aliphatic heterocycles. The molecule has 1 heterocycles. The van der Waals surface area contributed by atoms with Gasteiger partial charge in [-0.3, -0.25) is 4.79 Å². The van der Waals surface area contributed by atoms with Gasteiger partial charge in [-0.15, -0.1) is 0 Å². The van der Waals surface area contributed by atoms with Crippen LogP contribution in [0.5, 0.6) is 0 Å². The topological polar surface area (TPSA) is 86.8 Å². The normalized spacial score (nSPS) is 21.1. The van der Waals surface area contributed by atoms with Gasteiger partial charge in [0.15, 0.2) is 0 Å². The minimum absolute atomic E-state index is 0.0706. The monoisotopic (exact) mass is 284 g/mol. The highest BCUT2D eigenvalue weighted by Gasteiger charge is 2.19. The molecule has 0 aromatic heterocycles. The summed E-state index contributed by atoms with van der Waals surface area (Å²) in [6.45, 7) is 3.10. The SMILES string of the molecule is CO.NC=O.OC1CCN(CCCC2=CCCC=C2)C1. The smallest absolute Gasteiger partial charge is 0.204 e. The lowest BCUT2D eigenvalue weighted by Crippen LogP contribution is -2.23. The van der Waals surface area contributed by atoms with Crippen molar-refractivity contribution in [3.05, 3.63) is 23.8 Å². The van der Waals surface area contributed by atoms with Crippen molar-refractivity contribution < 1.29 is 15.0 Å². The lowest BCUT2D eigenvalue weighted by Gasteiger charge is -2.15. The predicted octanol–water partition coefficient (Wildman–Crippen LogP) is 0.820. The minimum atomic E-state index is -0.0706. The number of hydrogen-bond acceptors (Lipinski definition) is 4. The number of aliphatic hydroxyl groups is 2. The summed E-state index contributed by atoms with van der Waals surface area (Å²) in [7, 11) is 1.00. The van der Waals surface area contributed by atoms with E-state index in [-0.39, 0.29) is 12.5 Å². The third-order valence-corrected chi connectivity index (χ3v) is 3.26. The molecule has 4 N–H and O–H groups in total. The fraction of sp³-hybridized carbons (Fsp3) is 0.667. The maximum Gasteiger partial charge on any atom is 0.204 e. The highest BCUT2D eigenvalue weighted by Crippen LogP contribution is 2.16. The molecule has 1 amide bonds. The molecule has 0 radical (unpaired) electrons. The molecule has 1 aliphatic carbocycles. The van der Waals surface area contributed by atoms with Crippen LogP contribution in [0.15, 0.2) is 23.8 Å². The first-order chi connectivity index (χ1) is 9.76. The van der Waals surface area contributed by atoms with E-state index in [4.69, 9.17) is 9.90 Å². The molecule has 0 aromatic carbocycles. The van der Waals surface area contributed by atoms with Crippen LogP contribution in [-0.4, -0.2) is 54.4 Å². The average Bonchev–Trinajstić information content (AvgIpc) is 2.89. The van der Waals surface area contributed by atoms with Crippen LogP contribution in [-0.2, 0) is 4.79 Å². The highest BCUT2D eigenvalue weighted by molar-refractivity contribution is 5.42. The molecule has 1 saturated heterocycles. The van der Waals surface area contributed by atoms with Gasteiger partial charge in [0.05, 0.1) is 6.10 Å².